The zero-order chi connectivity index (χ0) is 12.1. The Balaban J connectivity index is 1.79. The topological polar surface area (TPSA) is 56.1 Å². The summed E-state index contributed by atoms with van der Waals surface area (Å²) < 4.78 is 0. The van der Waals surface area contributed by atoms with Gasteiger partial charge < -0.3 is 5.32 Å². The molecule has 0 aliphatic carbocycles. The highest BCUT2D eigenvalue weighted by molar-refractivity contribution is 7.12. The number of nitrogens with one attached hydrogen (secondary N) is 1. The van der Waals surface area contributed by atoms with Crippen LogP contribution in [0.25, 0.3) is 0 Å². The highest BCUT2D eigenvalue weighted by Gasteiger charge is 2.20. The second-order valence-corrected chi connectivity index (χ2v) is 5.11. The van der Waals surface area contributed by atoms with Gasteiger partial charge in [0.2, 0.25) is 0 Å². The third-order valence-corrected chi connectivity index (χ3v) is 3.83. The summed E-state index contributed by atoms with van der Waals surface area (Å²) in [5, 5.41) is 13.5. The molecule has 0 bridgehead atoms. The molecule has 0 aromatic carbocycles. The first-order valence-electron chi connectivity index (χ1n) is 5.73. The van der Waals surface area contributed by atoms with Gasteiger partial charge in [0, 0.05) is 19.1 Å². The fraction of sp³-hybridized carbons (Fsp3) is 0.500. The first-order valence-corrected chi connectivity index (χ1v) is 6.61. The van der Waals surface area contributed by atoms with E-state index in [0.717, 1.165) is 30.8 Å². The second-order valence-electron chi connectivity index (χ2n) is 4.16. The predicted octanol–water partition coefficient (Wildman–Crippen LogP) is 1.47. The van der Waals surface area contributed by atoms with Crippen LogP contribution in [0.4, 0.5) is 0 Å². The van der Waals surface area contributed by atoms with Gasteiger partial charge in [0.15, 0.2) is 0 Å². The van der Waals surface area contributed by atoms with Crippen LogP contribution in [-0.4, -0.2) is 36.5 Å². The molecule has 2 heterocycles. The van der Waals surface area contributed by atoms with Gasteiger partial charge in [0.1, 0.15) is 0 Å². The Morgan fingerprint density at radius 3 is 2.94 bits per heavy atom. The number of nitrogens with zero attached hydrogens (tertiary/aromatic N) is 2. The maximum atomic E-state index is 11.8. The van der Waals surface area contributed by atoms with E-state index in [1.165, 1.54) is 11.3 Å². The van der Waals surface area contributed by atoms with E-state index in [9.17, 15) is 4.79 Å². The van der Waals surface area contributed by atoms with E-state index in [-0.39, 0.29) is 11.9 Å². The highest BCUT2D eigenvalue weighted by atomic mass is 32.1. The summed E-state index contributed by atoms with van der Waals surface area (Å²) in [6.07, 6.45) is 1.86. The van der Waals surface area contributed by atoms with Crippen molar-refractivity contribution < 1.29 is 4.79 Å². The van der Waals surface area contributed by atoms with Gasteiger partial charge in [-0.1, -0.05) is 6.07 Å². The number of hydrogen-bond donors (Lipinski definition) is 1. The third kappa shape index (κ3) is 3.29. The van der Waals surface area contributed by atoms with Gasteiger partial charge >= 0.3 is 0 Å². The molecule has 1 aliphatic rings. The summed E-state index contributed by atoms with van der Waals surface area (Å²) in [6.45, 7) is 2.28. The lowest BCUT2D eigenvalue weighted by atomic mass is 10.1. The van der Waals surface area contributed by atoms with Crippen molar-refractivity contribution in [1.82, 2.24) is 10.2 Å². The van der Waals surface area contributed by atoms with Crippen LogP contribution in [-0.2, 0) is 0 Å². The fourth-order valence-corrected chi connectivity index (χ4v) is 2.63. The average molecular weight is 249 g/mol. The monoisotopic (exact) mass is 249 g/mol. The van der Waals surface area contributed by atoms with E-state index < -0.39 is 0 Å². The molecule has 0 unspecified atom stereocenters. The Kier molecular flexibility index (Phi) is 4.13. The van der Waals surface area contributed by atoms with Crippen molar-refractivity contribution in [3.05, 3.63) is 22.4 Å². The number of nitriles is 1. The molecule has 1 aliphatic heterocycles. The molecule has 90 valence electrons. The second kappa shape index (κ2) is 5.80. The van der Waals surface area contributed by atoms with Crippen LogP contribution in [0.3, 0.4) is 0 Å². The normalized spacial score (nSPS) is 17.6. The van der Waals surface area contributed by atoms with Crippen LogP contribution in [0.15, 0.2) is 17.5 Å². The minimum Gasteiger partial charge on any atom is -0.349 e. The van der Waals surface area contributed by atoms with Crippen LogP contribution < -0.4 is 5.32 Å². The quantitative estimate of drug-likeness (QED) is 0.825. The summed E-state index contributed by atoms with van der Waals surface area (Å²) in [4.78, 5) is 14.7. The molecule has 1 aromatic rings. The standard InChI is InChI=1S/C12H15N3OS/c13-5-8-15-6-3-10(4-7-15)14-12(16)11-2-1-9-17-11/h1-2,9-10H,3-4,6-8H2,(H,14,16). The lowest BCUT2D eigenvalue weighted by molar-refractivity contribution is 0.0918. The SMILES string of the molecule is N#CCN1CCC(NC(=O)c2cccs2)CC1. The lowest BCUT2D eigenvalue weighted by Crippen LogP contribution is -2.44. The summed E-state index contributed by atoms with van der Waals surface area (Å²) in [5.41, 5.74) is 0. The van der Waals surface area contributed by atoms with Crippen molar-refractivity contribution in [2.75, 3.05) is 19.6 Å². The molecule has 1 amide bonds. The molecule has 5 heteroatoms. The molecule has 0 spiro atoms. The molecule has 2 rings (SSSR count). The van der Waals surface area contributed by atoms with Gasteiger partial charge in [0.25, 0.3) is 5.91 Å². The Labute approximate surface area is 105 Å². The minimum absolute atomic E-state index is 0.0266. The number of piperidine rings is 1. The summed E-state index contributed by atoms with van der Waals surface area (Å²) in [6, 6.07) is 6.13. The predicted molar refractivity (Wildman–Crippen MR) is 66.9 cm³/mol. The summed E-state index contributed by atoms with van der Waals surface area (Å²) in [7, 11) is 0. The average Bonchev–Trinajstić information content (AvgIpc) is 2.86. The van der Waals surface area contributed by atoms with E-state index in [4.69, 9.17) is 5.26 Å². The lowest BCUT2D eigenvalue weighted by Gasteiger charge is -2.30. The molecular weight excluding hydrogens is 234 g/mol. The first-order chi connectivity index (χ1) is 8.29. The van der Waals surface area contributed by atoms with Gasteiger partial charge in [-0.15, -0.1) is 11.3 Å². The van der Waals surface area contributed by atoms with Crippen LogP contribution >= 0.6 is 11.3 Å². The Hall–Kier alpha value is -1.38. The van der Waals surface area contributed by atoms with Crippen LogP contribution in [0, 0.1) is 11.3 Å². The molecule has 1 N–H and O–H groups in total. The van der Waals surface area contributed by atoms with Gasteiger partial charge in [-0.3, -0.25) is 9.69 Å². The van der Waals surface area contributed by atoms with Gasteiger partial charge in [0.05, 0.1) is 17.5 Å². The van der Waals surface area contributed by atoms with E-state index >= 15 is 0 Å². The van der Waals surface area contributed by atoms with E-state index in [1.54, 1.807) is 0 Å². The molecule has 4 nitrogen and oxygen atoms in total. The maximum absolute atomic E-state index is 11.8. The van der Waals surface area contributed by atoms with Gasteiger partial charge in [-0.2, -0.15) is 5.26 Å². The van der Waals surface area contributed by atoms with Crippen molar-refractivity contribution in [3.63, 3.8) is 0 Å². The molecule has 0 saturated carbocycles. The van der Waals surface area contributed by atoms with Crippen molar-refractivity contribution in [2.45, 2.75) is 18.9 Å². The smallest absolute Gasteiger partial charge is 0.261 e. The third-order valence-electron chi connectivity index (χ3n) is 2.96. The number of carbonyl (C=O) groups is 1. The van der Waals surface area contributed by atoms with E-state index in [1.807, 2.05) is 17.5 Å². The van der Waals surface area contributed by atoms with Gasteiger partial charge in [-0.25, -0.2) is 0 Å². The Morgan fingerprint density at radius 1 is 1.59 bits per heavy atom. The van der Waals surface area contributed by atoms with E-state index in [0.29, 0.717) is 6.54 Å². The number of rotatable bonds is 3. The van der Waals surface area contributed by atoms with Crippen molar-refractivity contribution in [1.29, 1.82) is 5.26 Å². The molecule has 1 saturated heterocycles. The van der Waals surface area contributed by atoms with Crippen molar-refractivity contribution in [2.24, 2.45) is 0 Å². The minimum atomic E-state index is 0.0266. The Morgan fingerprint density at radius 2 is 2.35 bits per heavy atom. The molecular formula is C12H15N3OS. The maximum Gasteiger partial charge on any atom is 0.261 e. The first kappa shape index (κ1) is 12.1. The van der Waals surface area contributed by atoms with Crippen LogP contribution in [0.5, 0.6) is 0 Å². The number of carbonyl (C=O) groups excluding carboxylic acids is 1. The summed E-state index contributed by atoms with van der Waals surface area (Å²) >= 11 is 1.46. The molecule has 17 heavy (non-hydrogen) atoms. The molecule has 1 fully saturated rings. The summed E-state index contributed by atoms with van der Waals surface area (Å²) in [5.74, 6) is 0.0266. The number of amides is 1. The van der Waals surface area contributed by atoms with Crippen LogP contribution in [0.2, 0.25) is 0 Å². The van der Waals surface area contributed by atoms with Gasteiger partial charge in [-0.05, 0) is 24.3 Å². The molecule has 0 radical (unpaired) electrons. The Bertz CT molecular complexity index is 402. The fourth-order valence-electron chi connectivity index (χ4n) is 2.00. The zero-order valence-corrected chi connectivity index (χ0v) is 10.4. The zero-order valence-electron chi connectivity index (χ0n) is 9.56. The highest BCUT2D eigenvalue weighted by Crippen LogP contribution is 2.13. The number of thiophene rings is 1. The number of hydrogen-bond acceptors (Lipinski definition) is 4. The van der Waals surface area contributed by atoms with Crippen molar-refractivity contribution in [3.8, 4) is 6.07 Å². The van der Waals surface area contributed by atoms with Crippen LogP contribution in [0.1, 0.15) is 22.5 Å². The van der Waals surface area contributed by atoms with E-state index in [2.05, 4.69) is 16.3 Å². The molecule has 0 atom stereocenters. The largest absolute Gasteiger partial charge is 0.349 e. The van der Waals surface area contributed by atoms with Crippen molar-refractivity contribution >= 4 is 17.2 Å². The molecule has 1 aromatic heterocycles. The number of likely N-dealkylation sites (tertiary alicyclic amines) is 1.